The monoisotopic (exact) mass is 275 g/mol. The molecule has 1 heterocycles. The molecular formula is C16H15F2NO. The summed E-state index contributed by atoms with van der Waals surface area (Å²) in [7, 11) is 0. The van der Waals surface area contributed by atoms with E-state index in [0.29, 0.717) is 5.56 Å². The van der Waals surface area contributed by atoms with Crippen LogP contribution in [0.15, 0.2) is 42.5 Å². The number of halogens is 2. The average molecular weight is 275 g/mol. The minimum Gasteiger partial charge on any atom is -0.338 e. The highest BCUT2D eigenvalue weighted by molar-refractivity contribution is 6.07. The fourth-order valence-electron chi connectivity index (χ4n) is 2.62. The molecule has 0 spiro atoms. The number of hydrogen-bond acceptors (Lipinski definition) is 1. The fourth-order valence-corrected chi connectivity index (χ4v) is 2.62. The van der Waals surface area contributed by atoms with E-state index in [9.17, 15) is 13.6 Å². The van der Waals surface area contributed by atoms with E-state index >= 15 is 0 Å². The molecule has 1 aliphatic heterocycles. The minimum atomic E-state index is -2.63. The minimum absolute atomic E-state index is 0.120. The van der Waals surface area contributed by atoms with E-state index in [1.54, 1.807) is 6.07 Å². The van der Waals surface area contributed by atoms with Crippen LogP contribution < -0.4 is 0 Å². The van der Waals surface area contributed by atoms with Gasteiger partial charge < -0.3 is 4.90 Å². The Labute approximate surface area is 116 Å². The van der Waals surface area contributed by atoms with Crippen molar-refractivity contribution in [2.24, 2.45) is 0 Å². The number of hydrogen-bond donors (Lipinski definition) is 0. The van der Waals surface area contributed by atoms with E-state index in [2.05, 4.69) is 0 Å². The first kappa shape index (κ1) is 13.0. The number of alkyl halides is 2. The molecule has 0 radical (unpaired) electrons. The highest BCUT2D eigenvalue weighted by Crippen LogP contribution is 2.29. The van der Waals surface area contributed by atoms with Crippen LogP contribution in [-0.2, 0) is 0 Å². The summed E-state index contributed by atoms with van der Waals surface area (Å²) in [5.74, 6) is -2.78. The van der Waals surface area contributed by atoms with Crippen LogP contribution in [0.4, 0.5) is 8.78 Å². The van der Waals surface area contributed by atoms with Gasteiger partial charge in [-0.3, -0.25) is 4.79 Å². The van der Waals surface area contributed by atoms with Crippen molar-refractivity contribution in [2.75, 3.05) is 13.1 Å². The summed E-state index contributed by atoms with van der Waals surface area (Å²) in [4.78, 5) is 14.0. The predicted octanol–water partition coefficient (Wildman–Crippen LogP) is 3.71. The van der Waals surface area contributed by atoms with Gasteiger partial charge in [-0.2, -0.15) is 0 Å². The maximum atomic E-state index is 13.2. The third-order valence-corrected chi connectivity index (χ3v) is 3.80. The van der Waals surface area contributed by atoms with Crippen LogP contribution in [0.25, 0.3) is 10.8 Å². The highest BCUT2D eigenvalue weighted by Gasteiger charge is 2.35. The highest BCUT2D eigenvalue weighted by atomic mass is 19.3. The molecular weight excluding hydrogens is 260 g/mol. The summed E-state index contributed by atoms with van der Waals surface area (Å²) < 4.78 is 26.3. The standard InChI is InChI=1S/C16H15F2NO/c17-16(18)8-10-19(11-9-16)15(20)14-7-3-5-12-4-1-2-6-13(12)14/h1-7H,8-11H2. The van der Waals surface area contributed by atoms with E-state index in [1.165, 1.54) is 4.90 Å². The van der Waals surface area contributed by atoms with E-state index in [-0.39, 0.29) is 31.8 Å². The van der Waals surface area contributed by atoms with Gasteiger partial charge in [0.25, 0.3) is 11.8 Å². The van der Waals surface area contributed by atoms with Gasteiger partial charge in [-0.15, -0.1) is 0 Å². The van der Waals surface area contributed by atoms with Gasteiger partial charge in [0.05, 0.1) is 0 Å². The van der Waals surface area contributed by atoms with Crippen molar-refractivity contribution in [3.63, 3.8) is 0 Å². The zero-order valence-electron chi connectivity index (χ0n) is 11.0. The summed E-state index contributed by atoms with van der Waals surface area (Å²) in [5.41, 5.74) is 0.591. The molecule has 2 nitrogen and oxygen atoms in total. The lowest BCUT2D eigenvalue weighted by molar-refractivity contribution is -0.0493. The molecule has 0 aromatic heterocycles. The van der Waals surface area contributed by atoms with Gasteiger partial charge in [0.15, 0.2) is 0 Å². The Hall–Kier alpha value is -1.97. The zero-order valence-corrected chi connectivity index (χ0v) is 11.0. The number of fused-ring (bicyclic) bond motifs is 1. The van der Waals surface area contributed by atoms with Gasteiger partial charge in [-0.25, -0.2) is 8.78 Å². The van der Waals surface area contributed by atoms with Crippen LogP contribution in [0, 0.1) is 0 Å². The quantitative estimate of drug-likeness (QED) is 0.777. The van der Waals surface area contributed by atoms with Crippen molar-refractivity contribution in [1.29, 1.82) is 0 Å². The van der Waals surface area contributed by atoms with Crippen LogP contribution >= 0.6 is 0 Å². The third kappa shape index (κ3) is 2.38. The van der Waals surface area contributed by atoms with Crippen LogP contribution in [0.2, 0.25) is 0 Å². The van der Waals surface area contributed by atoms with Crippen molar-refractivity contribution in [1.82, 2.24) is 4.90 Å². The molecule has 3 rings (SSSR count). The predicted molar refractivity (Wildman–Crippen MR) is 74.0 cm³/mol. The second-order valence-electron chi connectivity index (χ2n) is 5.17. The lowest BCUT2D eigenvalue weighted by Crippen LogP contribution is -2.42. The average Bonchev–Trinajstić information content (AvgIpc) is 2.46. The molecule has 104 valence electrons. The Morgan fingerprint density at radius 3 is 2.40 bits per heavy atom. The molecule has 1 fully saturated rings. The Bertz CT molecular complexity index is 638. The molecule has 20 heavy (non-hydrogen) atoms. The Morgan fingerprint density at radius 2 is 1.65 bits per heavy atom. The molecule has 0 atom stereocenters. The number of likely N-dealkylation sites (tertiary alicyclic amines) is 1. The molecule has 1 saturated heterocycles. The smallest absolute Gasteiger partial charge is 0.254 e. The second kappa shape index (κ2) is 4.85. The zero-order chi connectivity index (χ0) is 14.2. The number of amides is 1. The number of nitrogens with zero attached hydrogens (tertiary/aromatic N) is 1. The fraction of sp³-hybridized carbons (Fsp3) is 0.312. The summed E-state index contributed by atoms with van der Waals surface area (Å²) in [5, 5.41) is 1.86. The summed E-state index contributed by atoms with van der Waals surface area (Å²) in [6, 6.07) is 13.2. The molecule has 0 bridgehead atoms. The van der Waals surface area contributed by atoms with Gasteiger partial charge in [-0.05, 0) is 16.8 Å². The first-order valence-corrected chi connectivity index (χ1v) is 6.72. The van der Waals surface area contributed by atoms with E-state index < -0.39 is 5.92 Å². The molecule has 4 heteroatoms. The van der Waals surface area contributed by atoms with Gasteiger partial charge >= 0.3 is 0 Å². The van der Waals surface area contributed by atoms with Crippen molar-refractivity contribution >= 4 is 16.7 Å². The van der Waals surface area contributed by atoms with Crippen LogP contribution in [0.1, 0.15) is 23.2 Å². The molecule has 2 aromatic carbocycles. The van der Waals surface area contributed by atoms with Crippen molar-refractivity contribution < 1.29 is 13.6 Å². The SMILES string of the molecule is O=C(c1cccc2ccccc12)N1CCC(F)(F)CC1. The van der Waals surface area contributed by atoms with Crippen molar-refractivity contribution in [2.45, 2.75) is 18.8 Å². The van der Waals surface area contributed by atoms with Crippen molar-refractivity contribution in [3.05, 3.63) is 48.0 Å². The molecule has 1 aliphatic rings. The number of rotatable bonds is 1. The molecule has 0 N–H and O–H groups in total. The second-order valence-corrected chi connectivity index (χ2v) is 5.17. The van der Waals surface area contributed by atoms with E-state index in [1.807, 2.05) is 36.4 Å². The molecule has 1 amide bonds. The molecule has 0 unspecified atom stereocenters. The van der Waals surface area contributed by atoms with Crippen LogP contribution in [0.5, 0.6) is 0 Å². The third-order valence-electron chi connectivity index (χ3n) is 3.80. The van der Waals surface area contributed by atoms with Crippen LogP contribution in [0.3, 0.4) is 0 Å². The summed E-state index contributed by atoms with van der Waals surface area (Å²) in [6.45, 7) is 0.240. The van der Waals surface area contributed by atoms with E-state index in [4.69, 9.17) is 0 Å². The van der Waals surface area contributed by atoms with Gasteiger partial charge in [0, 0.05) is 31.5 Å². The Balaban J connectivity index is 1.90. The lowest BCUT2D eigenvalue weighted by Gasteiger charge is -2.32. The largest absolute Gasteiger partial charge is 0.338 e. The number of carbonyl (C=O) groups excluding carboxylic acids is 1. The number of carbonyl (C=O) groups is 1. The van der Waals surface area contributed by atoms with Gasteiger partial charge in [0.1, 0.15) is 0 Å². The van der Waals surface area contributed by atoms with Gasteiger partial charge in [-0.1, -0.05) is 36.4 Å². The summed E-state index contributed by atoms with van der Waals surface area (Å²) in [6.07, 6.45) is -0.493. The maximum Gasteiger partial charge on any atom is 0.254 e. The van der Waals surface area contributed by atoms with Gasteiger partial charge in [0.2, 0.25) is 0 Å². The molecule has 2 aromatic rings. The van der Waals surface area contributed by atoms with Crippen LogP contribution in [-0.4, -0.2) is 29.8 Å². The molecule has 0 aliphatic carbocycles. The Kier molecular flexibility index (Phi) is 3.16. The Morgan fingerprint density at radius 1 is 1.00 bits per heavy atom. The number of benzene rings is 2. The first-order chi connectivity index (χ1) is 9.57. The molecule has 0 saturated carbocycles. The van der Waals surface area contributed by atoms with E-state index in [0.717, 1.165) is 10.8 Å². The maximum absolute atomic E-state index is 13.2. The number of piperidine rings is 1. The topological polar surface area (TPSA) is 20.3 Å². The normalized spacial score (nSPS) is 18.2. The first-order valence-electron chi connectivity index (χ1n) is 6.72. The lowest BCUT2D eigenvalue weighted by atomic mass is 10.0. The summed E-state index contributed by atoms with van der Waals surface area (Å²) >= 11 is 0. The van der Waals surface area contributed by atoms with Crippen molar-refractivity contribution in [3.8, 4) is 0 Å².